The van der Waals surface area contributed by atoms with Crippen LogP contribution in [0.15, 0.2) is 47.4 Å². The highest BCUT2D eigenvalue weighted by Crippen LogP contribution is 2.50. The van der Waals surface area contributed by atoms with Crippen LogP contribution >= 0.6 is 0 Å². The lowest BCUT2D eigenvalue weighted by Gasteiger charge is -2.38. The molecule has 4 N–H and O–H groups in total. The molecule has 0 saturated heterocycles. The van der Waals surface area contributed by atoms with Gasteiger partial charge in [-0.1, -0.05) is 71.6 Å². The Morgan fingerprint density at radius 2 is 1.42 bits per heavy atom. The van der Waals surface area contributed by atoms with Gasteiger partial charge in [0, 0.05) is 54.9 Å². The van der Waals surface area contributed by atoms with Crippen molar-refractivity contribution in [3.8, 4) is 0 Å². The monoisotopic (exact) mass is 855 g/mol. The molecule has 0 radical (unpaired) electrons. The van der Waals surface area contributed by atoms with Crippen LogP contribution in [0.5, 0.6) is 0 Å². The van der Waals surface area contributed by atoms with Crippen LogP contribution in [-0.4, -0.2) is 88.0 Å². The third-order valence-corrected chi connectivity index (χ3v) is 14.1. The number of benzene rings is 2. The molecule has 2 aliphatic rings. The molecule has 2 heterocycles. The highest BCUT2D eigenvalue weighted by molar-refractivity contribution is 7.86. The first-order chi connectivity index (χ1) is 26.6. The molecular formula is C41H65N3O10S3. The van der Waals surface area contributed by atoms with E-state index >= 15 is 0 Å². The van der Waals surface area contributed by atoms with Gasteiger partial charge in [0.1, 0.15) is 0 Å². The lowest BCUT2D eigenvalue weighted by molar-refractivity contribution is -0.121. The number of para-hydroxylation sites is 1. The molecule has 3 unspecified atom stereocenters. The van der Waals surface area contributed by atoms with Crippen molar-refractivity contribution in [2.24, 2.45) is 5.41 Å². The summed E-state index contributed by atoms with van der Waals surface area (Å²) < 4.78 is 98.9. The number of rotatable bonds is 24. The van der Waals surface area contributed by atoms with Crippen LogP contribution in [0.1, 0.15) is 129 Å². The highest BCUT2D eigenvalue weighted by Gasteiger charge is 2.46. The molecule has 322 valence electrons. The second kappa shape index (κ2) is 20.0. The number of nitrogens with zero attached hydrogens (tertiary/aromatic N) is 2. The van der Waals surface area contributed by atoms with Crippen molar-refractivity contribution in [2.75, 3.05) is 40.9 Å². The molecule has 16 heteroatoms. The number of carbonyl (C=O) groups excluding carboxylic acids is 1. The number of carbonyl (C=O) groups is 1. The van der Waals surface area contributed by atoms with E-state index in [2.05, 4.69) is 54.9 Å². The molecule has 2 aliphatic heterocycles. The molecule has 13 nitrogen and oxygen atoms in total. The van der Waals surface area contributed by atoms with E-state index in [-0.39, 0.29) is 46.9 Å². The van der Waals surface area contributed by atoms with E-state index < -0.39 is 36.1 Å². The summed E-state index contributed by atoms with van der Waals surface area (Å²) >= 11 is 0. The van der Waals surface area contributed by atoms with Gasteiger partial charge in [-0.2, -0.15) is 25.3 Å². The van der Waals surface area contributed by atoms with E-state index in [1.165, 1.54) is 24.1 Å². The zero-order valence-corrected chi connectivity index (χ0v) is 36.6. The molecule has 57 heavy (non-hydrogen) atoms. The van der Waals surface area contributed by atoms with Crippen molar-refractivity contribution in [2.45, 2.75) is 146 Å². The molecule has 0 aromatic heterocycles. The fourth-order valence-corrected chi connectivity index (χ4v) is 10.4. The molecule has 4 rings (SSSR count). The van der Waals surface area contributed by atoms with E-state index in [9.17, 15) is 43.7 Å². The lowest BCUT2D eigenvalue weighted by Crippen LogP contribution is -2.44. The predicted molar refractivity (Wildman–Crippen MR) is 226 cm³/mol. The van der Waals surface area contributed by atoms with Crippen molar-refractivity contribution in [1.82, 2.24) is 5.32 Å². The van der Waals surface area contributed by atoms with E-state index in [4.69, 9.17) is 0 Å². The summed E-state index contributed by atoms with van der Waals surface area (Å²) in [7, 11) is -12.7. The zero-order valence-electron chi connectivity index (χ0n) is 34.2. The Morgan fingerprint density at radius 1 is 0.772 bits per heavy atom. The summed E-state index contributed by atoms with van der Waals surface area (Å²) in [5.74, 6) is -0.672. The molecular weight excluding hydrogens is 791 g/mol. The summed E-state index contributed by atoms with van der Waals surface area (Å²) in [6.07, 6.45) is 11.4. The molecule has 0 bridgehead atoms. The minimum Gasteiger partial charge on any atom is -0.368 e. The number of nitrogens with one attached hydrogen (secondary N) is 1. The van der Waals surface area contributed by atoms with Gasteiger partial charge >= 0.3 is 0 Å². The number of amides is 1. The van der Waals surface area contributed by atoms with Crippen LogP contribution in [0, 0.1) is 5.41 Å². The highest BCUT2D eigenvalue weighted by atomic mass is 32.2. The van der Waals surface area contributed by atoms with Crippen LogP contribution in [0.25, 0.3) is 0 Å². The SMILES string of the molecule is CC(C)(C)CCCCCNC(=O)CCCCCC1(C)c2ccccc2N(CCCS(=O)(=O)O)C1CCCC1Cc2cc(S(=O)(=O)O)ccc2N1CCCS(=O)(=O)O. The number of fused-ring (bicyclic) bond motifs is 2. The first kappa shape index (κ1) is 46.9. The number of unbranched alkanes of at least 4 members (excludes halogenated alkanes) is 4. The third kappa shape index (κ3) is 14.5. The molecule has 0 saturated carbocycles. The molecule has 2 aromatic rings. The van der Waals surface area contributed by atoms with Gasteiger partial charge in [0.05, 0.1) is 16.4 Å². The molecule has 2 aromatic carbocycles. The Bertz CT molecular complexity index is 1980. The van der Waals surface area contributed by atoms with Gasteiger partial charge < -0.3 is 15.1 Å². The summed E-state index contributed by atoms with van der Waals surface area (Å²) in [4.78, 5) is 16.7. The summed E-state index contributed by atoms with van der Waals surface area (Å²) in [5, 5.41) is 3.07. The average Bonchev–Trinajstić information content (AvgIpc) is 3.55. The van der Waals surface area contributed by atoms with Crippen LogP contribution in [0.2, 0.25) is 0 Å². The van der Waals surface area contributed by atoms with E-state index in [0.717, 1.165) is 74.7 Å². The van der Waals surface area contributed by atoms with Gasteiger partial charge in [-0.25, -0.2) is 0 Å². The van der Waals surface area contributed by atoms with Crippen molar-refractivity contribution in [3.05, 3.63) is 53.6 Å². The van der Waals surface area contributed by atoms with Gasteiger partial charge in [0.2, 0.25) is 5.91 Å². The Hall–Kier alpha value is -2.76. The van der Waals surface area contributed by atoms with E-state index in [0.29, 0.717) is 44.3 Å². The number of hydrogen-bond acceptors (Lipinski definition) is 9. The quantitative estimate of drug-likeness (QED) is 0.0612. The molecule has 1 amide bonds. The maximum Gasteiger partial charge on any atom is 0.294 e. The first-order valence-corrected chi connectivity index (χ1v) is 25.1. The van der Waals surface area contributed by atoms with Gasteiger partial charge in [-0.3, -0.25) is 18.5 Å². The van der Waals surface area contributed by atoms with Gasteiger partial charge in [-0.05, 0) is 105 Å². The maximum atomic E-state index is 12.6. The van der Waals surface area contributed by atoms with Crippen LogP contribution in [0.4, 0.5) is 11.4 Å². The second-order valence-corrected chi connectivity index (χ2v) is 22.0. The zero-order chi connectivity index (χ0) is 42.1. The average molecular weight is 856 g/mol. The third-order valence-electron chi connectivity index (χ3n) is 11.6. The maximum absolute atomic E-state index is 12.6. The molecule has 0 spiro atoms. The Labute approximate surface area is 341 Å². The van der Waals surface area contributed by atoms with Crippen molar-refractivity contribution in [1.29, 1.82) is 0 Å². The standard InChI is InChI=1S/C41H65N3O10S3/c1-40(2,3)23-10-6-12-25-42-39(45)20-7-5-11-24-41(4)35-17-8-9-18-37(35)44(27-15-29-56(49,50)51)38(41)19-13-16-33-30-32-31-34(57(52,53)54)21-22-36(32)43(33)26-14-28-55(46,47)48/h8-9,17-18,21-22,31,33,38H,5-7,10-16,19-20,23-30H2,1-4H3,(H,42,45)(H,46,47,48)(H,49,50,51)(H,52,53,54). The minimum absolute atomic E-state index is 0.000716. The Kier molecular flexibility index (Phi) is 16.5. The van der Waals surface area contributed by atoms with Crippen LogP contribution < -0.4 is 15.1 Å². The van der Waals surface area contributed by atoms with E-state index in [1.807, 2.05) is 12.1 Å². The molecule has 0 fully saturated rings. The summed E-state index contributed by atoms with van der Waals surface area (Å²) in [5.41, 5.74) is 3.76. The topological polar surface area (TPSA) is 199 Å². The first-order valence-electron chi connectivity index (χ1n) is 20.5. The summed E-state index contributed by atoms with van der Waals surface area (Å²) in [6.45, 7) is 10.5. The minimum atomic E-state index is -4.42. The van der Waals surface area contributed by atoms with Crippen molar-refractivity contribution in [3.63, 3.8) is 0 Å². The fourth-order valence-electron chi connectivity index (χ4n) is 8.85. The van der Waals surface area contributed by atoms with Crippen LogP contribution in [0.3, 0.4) is 0 Å². The lowest BCUT2D eigenvalue weighted by atomic mass is 9.72. The van der Waals surface area contributed by atoms with Gasteiger partial charge in [0.15, 0.2) is 0 Å². The van der Waals surface area contributed by atoms with Crippen LogP contribution in [-0.2, 0) is 47.0 Å². The molecule has 3 atom stereocenters. The summed E-state index contributed by atoms with van der Waals surface area (Å²) in [6, 6.07) is 12.5. The smallest absolute Gasteiger partial charge is 0.294 e. The van der Waals surface area contributed by atoms with E-state index in [1.54, 1.807) is 6.07 Å². The second-order valence-electron chi connectivity index (χ2n) is 17.5. The van der Waals surface area contributed by atoms with Crippen molar-refractivity contribution >= 4 is 47.6 Å². The predicted octanol–water partition coefficient (Wildman–Crippen LogP) is 7.21. The van der Waals surface area contributed by atoms with Crippen molar-refractivity contribution < 1.29 is 43.7 Å². The normalized spacial score (nSPS) is 19.8. The largest absolute Gasteiger partial charge is 0.368 e. The number of anilines is 2. The molecule has 0 aliphatic carbocycles. The Morgan fingerprint density at radius 3 is 2.07 bits per heavy atom. The fraction of sp³-hybridized carbons (Fsp3) is 0.683. The Balaban J connectivity index is 1.43. The van der Waals surface area contributed by atoms with Gasteiger partial charge in [0.25, 0.3) is 30.4 Å². The number of hydrogen-bond donors (Lipinski definition) is 4. The van der Waals surface area contributed by atoms with Gasteiger partial charge in [-0.15, -0.1) is 0 Å².